The zero-order valence-corrected chi connectivity index (χ0v) is 9.14. The number of amides is 2. The van der Waals surface area contributed by atoms with E-state index in [1.807, 2.05) is 6.92 Å². The van der Waals surface area contributed by atoms with Gasteiger partial charge in [0.15, 0.2) is 6.61 Å². The maximum Gasteiger partial charge on any atom is 0.341 e. The Morgan fingerprint density at radius 1 is 1.62 bits per heavy atom. The molecule has 1 rings (SSSR count). The van der Waals surface area contributed by atoms with Crippen LogP contribution in [0.3, 0.4) is 0 Å². The van der Waals surface area contributed by atoms with Crippen molar-refractivity contribution in [1.82, 2.24) is 10.4 Å². The lowest BCUT2D eigenvalue weighted by molar-refractivity contribution is -0.144. The second-order valence-corrected chi connectivity index (χ2v) is 3.44. The Bertz CT molecular complexity index is 258. The molecule has 0 aromatic carbocycles. The largest absolute Gasteiger partial charge is 0.479 e. The molecular weight excluding hydrogens is 216 g/mol. The van der Waals surface area contributed by atoms with Crippen LogP contribution in [0.2, 0.25) is 0 Å². The lowest BCUT2D eigenvalue weighted by atomic mass is 10.2. The maximum atomic E-state index is 11.5. The number of hydrogen-bond donors (Lipinski definition) is 2. The van der Waals surface area contributed by atoms with E-state index in [4.69, 9.17) is 9.84 Å². The number of hydrogen-bond acceptors (Lipinski definition) is 4. The van der Waals surface area contributed by atoms with Crippen LogP contribution in [0.15, 0.2) is 0 Å². The molecule has 0 aromatic heterocycles. The first-order valence-electron chi connectivity index (χ1n) is 5.13. The smallest absolute Gasteiger partial charge is 0.341 e. The van der Waals surface area contributed by atoms with Gasteiger partial charge in [0.2, 0.25) is 0 Å². The monoisotopic (exact) mass is 232 g/mol. The van der Waals surface area contributed by atoms with Crippen molar-refractivity contribution >= 4 is 12.0 Å². The van der Waals surface area contributed by atoms with Crippen LogP contribution in [-0.4, -0.2) is 54.4 Å². The van der Waals surface area contributed by atoms with E-state index in [1.165, 1.54) is 0 Å². The van der Waals surface area contributed by atoms with Gasteiger partial charge >= 0.3 is 12.0 Å². The van der Waals surface area contributed by atoms with E-state index in [1.54, 1.807) is 4.90 Å². The zero-order chi connectivity index (χ0) is 12.0. The predicted molar refractivity (Wildman–Crippen MR) is 53.7 cm³/mol. The standard InChI is InChI=1S/C9H16N2O5/c1-2-7-5-11(3-4-15-7)9(14)10-16-6-8(12)13/h7H,2-6H2,1H3,(H,10,14)(H,12,13). The van der Waals surface area contributed by atoms with Gasteiger partial charge in [0.1, 0.15) is 0 Å². The molecule has 7 heteroatoms. The Kier molecular flexibility index (Phi) is 5.00. The molecule has 16 heavy (non-hydrogen) atoms. The van der Waals surface area contributed by atoms with Gasteiger partial charge in [-0.25, -0.2) is 15.1 Å². The SMILES string of the molecule is CCC1CN(C(=O)NOCC(=O)O)CCO1. The summed E-state index contributed by atoms with van der Waals surface area (Å²) in [5.74, 6) is -1.13. The summed E-state index contributed by atoms with van der Waals surface area (Å²) in [6.07, 6.45) is 0.874. The van der Waals surface area contributed by atoms with Crippen LogP contribution in [0, 0.1) is 0 Å². The number of morpholine rings is 1. The van der Waals surface area contributed by atoms with E-state index < -0.39 is 18.6 Å². The number of hydroxylamine groups is 1. The quantitative estimate of drug-likeness (QED) is 0.657. The van der Waals surface area contributed by atoms with E-state index in [-0.39, 0.29) is 6.10 Å². The number of rotatable bonds is 4. The summed E-state index contributed by atoms with van der Waals surface area (Å²) in [6, 6.07) is -0.428. The van der Waals surface area contributed by atoms with Gasteiger partial charge in [0.25, 0.3) is 0 Å². The van der Waals surface area contributed by atoms with E-state index in [9.17, 15) is 9.59 Å². The van der Waals surface area contributed by atoms with Gasteiger partial charge in [-0.05, 0) is 6.42 Å². The number of nitrogens with zero attached hydrogens (tertiary/aromatic N) is 1. The average molecular weight is 232 g/mol. The van der Waals surface area contributed by atoms with Crippen molar-refractivity contribution in [2.24, 2.45) is 0 Å². The minimum absolute atomic E-state index is 0.0407. The van der Waals surface area contributed by atoms with E-state index in [0.717, 1.165) is 6.42 Å². The summed E-state index contributed by atoms with van der Waals surface area (Å²) >= 11 is 0. The van der Waals surface area contributed by atoms with Gasteiger partial charge in [-0.1, -0.05) is 6.92 Å². The first kappa shape index (κ1) is 12.7. The summed E-state index contributed by atoms with van der Waals surface area (Å²) in [6.45, 7) is 2.91. The molecule has 0 spiro atoms. The lowest BCUT2D eigenvalue weighted by Gasteiger charge is -2.32. The number of carboxylic acids is 1. The van der Waals surface area contributed by atoms with Crippen molar-refractivity contribution in [3.8, 4) is 0 Å². The molecule has 1 aliphatic heterocycles. The Morgan fingerprint density at radius 3 is 3.00 bits per heavy atom. The van der Waals surface area contributed by atoms with Crippen LogP contribution in [-0.2, 0) is 14.4 Å². The number of carboxylic acid groups (broad SMARTS) is 1. The zero-order valence-electron chi connectivity index (χ0n) is 9.14. The van der Waals surface area contributed by atoms with Gasteiger partial charge in [-0.3, -0.25) is 4.84 Å². The minimum atomic E-state index is -1.13. The number of ether oxygens (including phenoxy) is 1. The summed E-state index contributed by atoms with van der Waals surface area (Å²) in [7, 11) is 0. The molecule has 1 fully saturated rings. The van der Waals surface area contributed by atoms with E-state index in [2.05, 4.69) is 10.3 Å². The van der Waals surface area contributed by atoms with Crippen LogP contribution >= 0.6 is 0 Å². The minimum Gasteiger partial charge on any atom is -0.479 e. The van der Waals surface area contributed by atoms with Crippen LogP contribution in [0.4, 0.5) is 4.79 Å². The Labute approximate surface area is 93.3 Å². The lowest BCUT2D eigenvalue weighted by Crippen LogP contribution is -2.49. The van der Waals surface area contributed by atoms with Crippen molar-refractivity contribution in [2.45, 2.75) is 19.4 Å². The number of urea groups is 1. The molecule has 1 atom stereocenters. The van der Waals surface area contributed by atoms with Crippen molar-refractivity contribution in [1.29, 1.82) is 0 Å². The number of aliphatic carboxylic acids is 1. The molecule has 1 saturated heterocycles. The van der Waals surface area contributed by atoms with Crippen molar-refractivity contribution < 1.29 is 24.3 Å². The number of nitrogens with one attached hydrogen (secondary N) is 1. The molecule has 2 amide bonds. The van der Waals surface area contributed by atoms with Gasteiger partial charge in [0, 0.05) is 13.1 Å². The summed E-state index contributed by atoms with van der Waals surface area (Å²) in [5, 5.41) is 8.31. The van der Waals surface area contributed by atoms with Gasteiger partial charge in [-0.15, -0.1) is 0 Å². The predicted octanol–water partition coefficient (Wildman–Crippen LogP) is -0.177. The highest BCUT2D eigenvalue weighted by Gasteiger charge is 2.23. The van der Waals surface area contributed by atoms with Gasteiger partial charge < -0.3 is 14.7 Å². The van der Waals surface area contributed by atoms with Crippen LogP contribution in [0.1, 0.15) is 13.3 Å². The third-order valence-corrected chi connectivity index (χ3v) is 2.24. The topological polar surface area (TPSA) is 88.1 Å². The maximum absolute atomic E-state index is 11.5. The van der Waals surface area contributed by atoms with Gasteiger partial charge in [0.05, 0.1) is 12.7 Å². The normalized spacial score (nSPS) is 20.6. The third kappa shape index (κ3) is 4.03. The van der Waals surface area contributed by atoms with E-state index in [0.29, 0.717) is 19.7 Å². The summed E-state index contributed by atoms with van der Waals surface area (Å²) in [4.78, 5) is 27.7. The summed E-state index contributed by atoms with van der Waals surface area (Å²) in [5.41, 5.74) is 2.08. The third-order valence-electron chi connectivity index (χ3n) is 2.24. The van der Waals surface area contributed by atoms with Crippen LogP contribution in [0.25, 0.3) is 0 Å². The molecule has 1 unspecified atom stereocenters. The van der Waals surface area contributed by atoms with Crippen molar-refractivity contribution in [3.05, 3.63) is 0 Å². The second-order valence-electron chi connectivity index (χ2n) is 3.44. The molecule has 0 bridgehead atoms. The van der Waals surface area contributed by atoms with Crippen molar-refractivity contribution in [3.63, 3.8) is 0 Å². The first-order valence-corrected chi connectivity index (χ1v) is 5.13. The fraction of sp³-hybridized carbons (Fsp3) is 0.778. The molecule has 92 valence electrons. The molecule has 0 aliphatic carbocycles. The Hall–Kier alpha value is -1.34. The fourth-order valence-corrected chi connectivity index (χ4v) is 1.37. The highest BCUT2D eigenvalue weighted by molar-refractivity contribution is 5.73. The molecule has 2 N–H and O–H groups in total. The molecule has 1 heterocycles. The summed E-state index contributed by atoms with van der Waals surface area (Å²) < 4.78 is 5.39. The van der Waals surface area contributed by atoms with Crippen LogP contribution in [0.5, 0.6) is 0 Å². The highest BCUT2D eigenvalue weighted by atomic mass is 16.7. The second kappa shape index (κ2) is 6.29. The molecule has 0 radical (unpaired) electrons. The average Bonchev–Trinajstić information content (AvgIpc) is 2.28. The van der Waals surface area contributed by atoms with Gasteiger partial charge in [-0.2, -0.15) is 0 Å². The molecule has 0 aromatic rings. The highest BCUT2D eigenvalue weighted by Crippen LogP contribution is 2.07. The van der Waals surface area contributed by atoms with Crippen molar-refractivity contribution in [2.75, 3.05) is 26.3 Å². The Morgan fingerprint density at radius 2 is 2.38 bits per heavy atom. The molecule has 1 aliphatic rings. The Balaban J connectivity index is 2.27. The molecule has 7 nitrogen and oxygen atoms in total. The van der Waals surface area contributed by atoms with E-state index >= 15 is 0 Å². The first-order chi connectivity index (χ1) is 7.63. The molecule has 0 saturated carbocycles. The fourth-order valence-electron chi connectivity index (χ4n) is 1.37. The van der Waals surface area contributed by atoms with Crippen LogP contribution < -0.4 is 5.48 Å². The number of carbonyl (C=O) groups excluding carboxylic acids is 1. The molecular formula is C9H16N2O5. The number of carbonyl (C=O) groups is 2.